The summed E-state index contributed by atoms with van der Waals surface area (Å²) in [6.07, 6.45) is 0.415. The van der Waals surface area contributed by atoms with Crippen LogP contribution in [0.15, 0.2) is 11.3 Å². The molecule has 1 amide bonds. The van der Waals surface area contributed by atoms with E-state index in [2.05, 4.69) is 0 Å². The molecule has 0 saturated heterocycles. The Morgan fingerprint density at radius 3 is 2.50 bits per heavy atom. The van der Waals surface area contributed by atoms with Gasteiger partial charge in [-0.25, -0.2) is 0 Å². The molecule has 0 unspecified atom stereocenters. The maximum Gasteiger partial charge on any atom is 0.256 e. The second kappa shape index (κ2) is 4.28. The van der Waals surface area contributed by atoms with Crippen LogP contribution in [0, 0.1) is 0 Å². The van der Waals surface area contributed by atoms with E-state index in [4.69, 9.17) is 4.74 Å². The fourth-order valence-corrected chi connectivity index (χ4v) is 1.68. The molecule has 0 radical (unpaired) electrons. The van der Waals surface area contributed by atoms with Crippen LogP contribution in [0.3, 0.4) is 0 Å². The zero-order valence-corrected chi connectivity index (χ0v) is 10.6. The van der Waals surface area contributed by atoms with Crippen molar-refractivity contribution in [3.8, 4) is 0 Å². The van der Waals surface area contributed by atoms with Gasteiger partial charge in [0, 0.05) is 6.42 Å². The number of carbonyl (C=O) groups excluding carboxylic acids is 2. The minimum Gasteiger partial charge on any atom is -0.477 e. The van der Waals surface area contributed by atoms with Crippen LogP contribution in [-0.4, -0.2) is 28.9 Å². The molecule has 0 aromatic heterocycles. The van der Waals surface area contributed by atoms with Crippen LogP contribution < -0.4 is 0 Å². The number of ketones is 1. The number of hydrogen-bond acceptors (Lipinski definition) is 3. The number of rotatable bonds is 3. The normalized spacial score (nSPS) is 17.6. The Balaban J connectivity index is 3.01. The van der Waals surface area contributed by atoms with Crippen molar-refractivity contribution in [2.24, 2.45) is 0 Å². The molecule has 0 atom stereocenters. The smallest absolute Gasteiger partial charge is 0.256 e. The number of amides is 1. The lowest BCUT2D eigenvalue weighted by atomic mass is 9.94. The molecule has 0 aromatic rings. The van der Waals surface area contributed by atoms with Gasteiger partial charge in [-0.15, -0.1) is 0 Å². The first-order valence-electron chi connectivity index (χ1n) is 5.48. The highest BCUT2D eigenvalue weighted by molar-refractivity contribution is 5.99. The van der Waals surface area contributed by atoms with E-state index in [9.17, 15) is 9.59 Å². The second-order valence-electron chi connectivity index (χ2n) is 4.52. The largest absolute Gasteiger partial charge is 0.477 e. The molecule has 16 heavy (non-hydrogen) atoms. The number of carbonyl (C=O) groups is 2. The predicted octanol–water partition coefficient (Wildman–Crippen LogP) is 1.85. The van der Waals surface area contributed by atoms with Gasteiger partial charge in [-0.1, -0.05) is 6.92 Å². The third-order valence-corrected chi connectivity index (χ3v) is 3.18. The summed E-state index contributed by atoms with van der Waals surface area (Å²) in [5.41, 5.74) is -0.225. The lowest BCUT2D eigenvalue weighted by molar-refractivity contribution is -0.150. The minimum absolute atomic E-state index is 0.0387. The summed E-state index contributed by atoms with van der Waals surface area (Å²) in [4.78, 5) is 25.3. The maximum absolute atomic E-state index is 12.0. The van der Waals surface area contributed by atoms with Gasteiger partial charge in [0.25, 0.3) is 5.91 Å². The van der Waals surface area contributed by atoms with Crippen LogP contribution in [0.1, 0.15) is 41.0 Å². The molecule has 1 aliphatic rings. The van der Waals surface area contributed by atoms with E-state index in [0.717, 1.165) is 0 Å². The Morgan fingerprint density at radius 2 is 2.00 bits per heavy atom. The summed E-state index contributed by atoms with van der Waals surface area (Å²) in [5.74, 6) is 0.563. The monoisotopic (exact) mass is 225 g/mol. The third kappa shape index (κ3) is 1.96. The molecule has 4 nitrogen and oxygen atoms in total. The lowest BCUT2D eigenvalue weighted by Gasteiger charge is -2.39. The van der Waals surface area contributed by atoms with Crippen molar-refractivity contribution in [2.75, 3.05) is 6.73 Å². The highest BCUT2D eigenvalue weighted by atomic mass is 16.5. The molecule has 0 aromatic carbocycles. The van der Waals surface area contributed by atoms with Crippen LogP contribution in [0.25, 0.3) is 0 Å². The van der Waals surface area contributed by atoms with Gasteiger partial charge in [0.1, 0.15) is 5.76 Å². The Labute approximate surface area is 96.3 Å². The van der Waals surface area contributed by atoms with Crippen molar-refractivity contribution in [1.82, 2.24) is 4.90 Å². The predicted molar refractivity (Wildman–Crippen MR) is 60.5 cm³/mol. The molecule has 0 spiro atoms. The minimum atomic E-state index is -0.798. The molecule has 0 aliphatic carbocycles. The number of hydrogen-bond donors (Lipinski definition) is 0. The molecule has 0 saturated carbocycles. The lowest BCUT2D eigenvalue weighted by Crippen LogP contribution is -2.55. The highest BCUT2D eigenvalue weighted by Gasteiger charge is 2.39. The van der Waals surface area contributed by atoms with Gasteiger partial charge in [-0.05, 0) is 27.7 Å². The first-order valence-corrected chi connectivity index (χ1v) is 5.48. The molecule has 1 rings (SSSR count). The Morgan fingerprint density at radius 1 is 1.44 bits per heavy atom. The van der Waals surface area contributed by atoms with Gasteiger partial charge in [-0.2, -0.15) is 0 Å². The topological polar surface area (TPSA) is 46.6 Å². The van der Waals surface area contributed by atoms with Gasteiger partial charge in [0.2, 0.25) is 0 Å². The van der Waals surface area contributed by atoms with Crippen molar-refractivity contribution >= 4 is 11.7 Å². The summed E-state index contributed by atoms with van der Waals surface area (Å²) in [7, 11) is 0. The van der Waals surface area contributed by atoms with Gasteiger partial charge in [0.05, 0.1) is 11.1 Å². The number of Topliss-reactive ketones (excluding diaryl/α,β-unsaturated/α-hetero) is 1. The van der Waals surface area contributed by atoms with Gasteiger partial charge in [0.15, 0.2) is 12.5 Å². The van der Waals surface area contributed by atoms with Crippen molar-refractivity contribution < 1.29 is 14.3 Å². The summed E-state index contributed by atoms with van der Waals surface area (Å²) in [6.45, 7) is 8.95. The average molecular weight is 225 g/mol. The van der Waals surface area contributed by atoms with Crippen molar-refractivity contribution in [3.05, 3.63) is 11.3 Å². The summed E-state index contributed by atoms with van der Waals surface area (Å²) in [6, 6.07) is 0. The van der Waals surface area contributed by atoms with Crippen LogP contribution in [0.5, 0.6) is 0 Å². The molecule has 1 heterocycles. The van der Waals surface area contributed by atoms with Crippen LogP contribution in [0.2, 0.25) is 0 Å². The Bertz CT molecular complexity index is 355. The van der Waals surface area contributed by atoms with E-state index in [-0.39, 0.29) is 18.4 Å². The van der Waals surface area contributed by atoms with E-state index in [1.165, 1.54) is 4.90 Å². The van der Waals surface area contributed by atoms with Gasteiger partial charge >= 0.3 is 0 Å². The Hall–Kier alpha value is -1.32. The SMILES string of the molecule is CCC(=O)C(C)(C)N1COC(C)=C(C)C1=O. The van der Waals surface area contributed by atoms with E-state index in [1.807, 2.05) is 0 Å². The summed E-state index contributed by atoms with van der Waals surface area (Å²) in [5, 5.41) is 0. The summed E-state index contributed by atoms with van der Waals surface area (Å²) >= 11 is 0. The van der Waals surface area contributed by atoms with Crippen molar-refractivity contribution in [3.63, 3.8) is 0 Å². The zero-order valence-electron chi connectivity index (χ0n) is 10.6. The number of allylic oxidation sites excluding steroid dienone is 1. The molecular weight excluding hydrogens is 206 g/mol. The summed E-state index contributed by atoms with van der Waals surface area (Å²) < 4.78 is 5.39. The van der Waals surface area contributed by atoms with E-state index >= 15 is 0 Å². The molecular formula is C12H19NO3. The first-order chi connectivity index (χ1) is 7.32. The van der Waals surface area contributed by atoms with Gasteiger partial charge in [-0.3, -0.25) is 14.5 Å². The van der Waals surface area contributed by atoms with E-state index < -0.39 is 5.54 Å². The highest BCUT2D eigenvalue weighted by Crippen LogP contribution is 2.25. The molecule has 0 N–H and O–H groups in total. The quantitative estimate of drug-likeness (QED) is 0.736. The number of ether oxygens (including phenoxy) is 1. The first kappa shape index (κ1) is 12.7. The fourth-order valence-electron chi connectivity index (χ4n) is 1.68. The third-order valence-electron chi connectivity index (χ3n) is 3.18. The average Bonchev–Trinajstić information content (AvgIpc) is 2.24. The van der Waals surface area contributed by atoms with Crippen molar-refractivity contribution in [1.29, 1.82) is 0 Å². The van der Waals surface area contributed by atoms with E-state index in [1.54, 1.807) is 34.6 Å². The number of nitrogens with zero attached hydrogens (tertiary/aromatic N) is 1. The molecule has 0 bridgehead atoms. The Kier molecular flexibility index (Phi) is 3.41. The molecule has 90 valence electrons. The zero-order chi connectivity index (χ0) is 12.5. The van der Waals surface area contributed by atoms with Crippen LogP contribution >= 0.6 is 0 Å². The maximum atomic E-state index is 12.0. The van der Waals surface area contributed by atoms with Crippen molar-refractivity contribution in [2.45, 2.75) is 46.6 Å². The second-order valence-corrected chi connectivity index (χ2v) is 4.52. The molecule has 0 fully saturated rings. The van der Waals surface area contributed by atoms with Crippen LogP contribution in [0.4, 0.5) is 0 Å². The standard InChI is InChI=1S/C12H19NO3/c1-6-10(14)12(4,5)13-7-16-9(3)8(2)11(13)15/h6-7H2,1-5H3. The molecule has 4 heteroatoms. The van der Waals surface area contributed by atoms with Gasteiger partial charge < -0.3 is 4.74 Å². The van der Waals surface area contributed by atoms with Crippen LogP contribution in [-0.2, 0) is 14.3 Å². The van der Waals surface area contributed by atoms with E-state index in [0.29, 0.717) is 17.8 Å². The molecule has 1 aliphatic heterocycles. The fraction of sp³-hybridized carbons (Fsp3) is 0.667.